The van der Waals surface area contributed by atoms with Crippen LogP contribution < -0.4 is 9.64 Å². The van der Waals surface area contributed by atoms with Crippen LogP contribution in [0.2, 0.25) is 0 Å². The van der Waals surface area contributed by atoms with Gasteiger partial charge in [0.25, 0.3) is 0 Å². The lowest BCUT2D eigenvalue weighted by atomic mass is 10.0. The van der Waals surface area contributed by atoms with Crippen LogP contribution in [0.3, 0.4) is 0 Å². The molecule has 0 heterocycles. The minimum absolute atomic E-state index is 0.163. The number of nitrogens with one attached hydrogen (secondary N) is 1. The Kier molecular flexibility index (Phi) is 4.44. The van der Waals surface area contributed by atoms with Gasteiger partial charge in [0.05, 0.1) is 7.11 Å². The smallest absolute Gasteiger partial charge is 0.497 e. The third-order valence-electron chi connectivity index (χ3n) is 4.03. The Labute approximate surface area is 138 Å². The Morgan fingerprint density at radius 1 is 0.875 bits per heavy atom. The van der Waals surface area contributed by atoms with E-state index in [1.807, 2.05) is 30.3 Å². The summed E-state index contributed by atoms with van der Waals surface area (Å²) >= 11 is 0. The molecule has 3 aromatic rings. The quantitative estimate of drug-likeness (QED) is 0.711. The Hall–Kier alpha value is -2.53. The predicted octanol–water partition coefficient (Wildman–Crippen LogP) is 4.08. The first kappa shape index (κ1) is 16.3. The molecule has 0 aliphatic carbocycles. The molecule has 0 fully saturated rings. The fourth-order valence-electron chi connectivity index (χ4n) is 2.80. The van der Waals surface area contributed by atoms with Crippen molar-refractivity contribution in [1.82, 2.24) is 0 Å². The first-order valence-electron chi connectivity index (χ1n) is 7.53. The SMILES string of the molecule is COc1ccc([NH+](Cc2cccc3ccccc23)C(F)(F)F)cc1. The number of ether oxygens (including phenoxy) is 1. The maximum atomic E-state index is 13.6. The van der Waals surface area contributed by atoms with E-state index in [1.54, 1.807) is 24.3 Å². The molecule has 124 valence electrons. The molecular weight excluding hydrogens is 315 g/mol. The highest BCUT2D eigenvalue weighted by molar-refractivity contribution is 5.85. The number of benzene rings is 3. The molecule has 0 spiro atoms. The lowest BCUT2D eigenvalue weighted by Gasteiger charge is -2.21. The monoisotopic (exact) mass is 332 g/mol. The fraction of sp³-hybridized carbons (Fsp3) is 0.158. The van der Waals surface area contributed by atoms with Crippen molar-refractivity contribution >= 4 is 16.5 Å². The highest BCUT2D eigenvalue weighted by Crippen LogP contribution is 2.21. The van der Waals surface area contributed by atoms with Crippen LogP contribution in [0.4, 0.5) is 18.9 Å². The minimum Gasteiger partial charge on any atom is -0.497 e. The van der Waals surface area contributed by atoms with Gasteiger partial charge in [0, 0.05) is 17.7 Å². The number of quaternary nitrogens is 1. The van der Waals surface area contributed by atoms with Gasteiger partial charge >= 0.3 is 6.30 Å². The van der Waals surface area contributed by atoms with Crippen molar-refractivity contribution in [2.75, 3.05) is 7.11 Å². The van der Waals surface area contributed by atoms with Crippen molar-refractivity contribution < 1.29 is 22.8 Å². The van der Waals surface area contributed by atoms with Gasteiger partial charge in [-0.25, -0.2) is 4.90 Å². The zero-order valence-corrected chi connectivity index (χ0v) is 13.1. The highest BCUT2D eigenvalue weighted by Gasteiger charge is 2.44. The second-order valence-electron chi connectivity index (χ2n) is 5.52. The van der Waals surface area contributed by atoms with E-state index in [4.69, 9.17) is 4.74 Å². The topological polar surface area (TPSA) is 13.7 Å². The van der Waals surface area contributed by atoms with E-state index in [0.29, 0.717) is 11.3 Å². The summed E-state index contributed by atoms with van der Waals surface area (Å²) in [4.78, 5) is -0.554. The van der Waals surface area contributed by atoms with Crippen molar-refractivity contribution in [2.24, 2.45) is 0 Å². The van der Waals surface area contributed by atoms with E-state index < -0.39 is 11.2 Å². The predicted molar refractivity (Wildman–Crippen MR) is 87.3 cm³/mol. The second kappa shape index (κ2) is 6.53. The Balaban J connectivity index is 2.00. The van der Waals surface area contributed by atoms with Gasteiger partial charge in [-0.15, -0.1) is 13.2 Å². The summed E-state index contributed by atoms with van der Waals surface area (Å²) in [7, 11) is 1.49. The molecule has 2 nitrogen and oxygen atoms in total. The summed E-state index contributed by atoms with van der Waals surface area (Å²) in [6.45, 7) is -0.169. The normalized spacial score (nSPS) is 13.0. The lowest BCUT2D eigenvalue weighted by molar-refractivity contribution is -0.966. The van der Waals surface area contributed by atoms with Gasteiger partial charge in [0.2, 0.25) is 0 Å². The van der Waals surface area contributed by atoms with Gasteiger partial charge in [0.15, 0.2) is 0 Å². The fourth-order valence-corrected chi connectivity index (χ4v) is 2.80. The zero-order chi connectivity index (χ0) is 17.2. The molecule has 3 aromatic carbocycles. The van der Waals surface area contributed by atoms with Crippen LogP contribution in [-0.2, 0) is 6.54 Å². The average molecular weight is 332 g/mol. The first-order valence-corrected chi connectivity index (χ1v) is 7.53. The van der Waals surface area contributed by atoms with Gasteiger partial charge < -0.3 is 4.74 Å². The summed E-state index contributed by atoms with van der Waals surface area (Å²) < 4.78 is 45.8. The van der Waals surface area contributed by atoms with Gasteiger partial charge in [-0.05, 0) is 22.9 Å². The maximum absolute atomic E-state index is 13.6. The molecule has 1 atom stereocenters. The average Bonchev–Trinajstić information content (AvgIpc) is 2.59. The third-order valence-corrected chi connectivity index (χ3v) is 4.03. The van der Waals surface area contributed by atoms with Crippen LogP contribution in [0.25, 0.3) is 10.8 Å². The molecule has 0 radical (unpaired) electrons. The van der Waals surface area contributed by atoms with Crippen molar-refractivity contribution in [3.05, 3.63) is 72.3 Å². The number of fused-ring (bicyclic) bond motifs is 1. The van der Waals surface area contributed by atoms with E-state index in [0.717, 1.165) is 10.8 Å². The minimum atomic E-state index is -4.40. The van der Waals surface area contributed by atoms with Crippen molar-refractivity contribution in [3.8, 4) is 5.75 Å². The maximum Gasteiger partial charge on any atom is 0.564 e. The largest absolute Gasteiger partial charge is 0.564 e. The summed E-state index contributed by atoms with van der Waals surface area (Å²) in [5.41, 5.74) is 0.826. The van der Waals surface area contributed by atoms with E-state index in [1.165, 1.54) is 19.2 Å². The molecule has 24 heavy (non-hydrogen) atoms. The van der Waals surface area contributed by atoms with Crippen molar-refractivity contribution in [2.45, 2.75) is 12.8 Å². The molecule has 0 saturated carbocycles. The molecular formula is C19H17F3NO+. The van der Waals surface area contributed by atoms with Gasteiger partial charge in [-0.2, -0.15) is 0 Å². The molecule has 0 aromatic heterocycles. The summed E-state index contributed by atoms with van der Waals surface area (Å²) in [6, 6.07) is 18.9. The van der Waals surface area contributed by atoms with Crippen LogP contribution in [0, 0.1) is 0 Å². The van der Waals surface area contributed by atoms with E-state index >= 15 is 0 Å². The molecule has 1 N–H and O–H groups in total. The van der Waals surface area contributed by atoms with Crippen molar-refractivity contribution in [1.29, 1.82) is 0 Å². The number of hydrogen-bond acceptors (Lipinski definition) is 1. The Morgan fingerprint density at radius 2 is 1.54 bits per heavy atom. The van der Waals surface area contributed by atoms with Crippen LogP contribution in [-0.4, -0.2) is 13.4 Å². The number of methoxy groups -OCH3 is 1. The van der Waals surface area contributed by atoms with Crippen LogP contribution >= 0.6 is 0 Å². The Morgan fingerprint density at radius 3 is 2.21 bits per heavy atom. The standard InChI is InChI=1S/C19H16F3NO/c1-24-17-11-9-16(10-12-17)23(19(20,21)22)13-15-7-4-6-14-5-2-3-8-18(14)15/h2-12H,13H2,1H3/p+1. The number of hydrogen-bond donors (Lipinski definition) is 1. The highest BCUT2D eigenvalue weighted by atomic mass is 19.4. The molecule has 0 bridgehead atoms. The van der Waals surface area contributed by atoms with Crippen LogP contribution in [0.15, 0.2) is 66.7 Å². The van der Waals surface area contributed by atoms with Gasteiger partial charge in [-0.3, -0.25) is 0 Å². The molecule has 5 heteroatoms. The lowest BCUT2D eigenvalue weighted by Crippen LogP contribution is -3.12. The molecule has 0 aliphatic rings. The summed E-state index contributed by atoms with van der Waals surface area (Å²) in [5.74, 6) is 0.533. The van der Waals surface area contributed by atoms with Crippen LogP contribution in [0.5, 0.6) is 5.75 Å². The van der Waals surface area contributed by atoms with E-state index in [2.05, 4.69) is 0 Å². The summed E-state index contributed by atoms with van der Waals surface area (Å²) in [6.07, 6.45) is -4.40. The molecule has 0 amide bonds. The number of rotatable bonds is 4. The molecule has 3 rings (SSSR count). The number of alkyl halides is 3. The number of halogens is 3. The van der Waals surface area contributed by atoms with Crippen LogP contribution in [0.1, 0.15) is 5.56 Å². The summed E-state index contributed by atoms with van der Waals surface area (Å²) in [5, 5.41) is 1.78. The Bertz CT molecular complexity index is 823. The second-order valence-corrected chi connectivity index (χ2v) is 5.52. The van der Waals surface area contributed by atoms with Gasteiger partial charge in [-0.1, -0.05) is 42.5 Å². The van der Waals surface area contributed by atoms with Crippen molar-refractivity contribution in [3.63, 3.8) is 0 Å². The third kappa shape index (κ3) is 3.36. The first-order chi connectivity index (χ1) is 11.5. The van der Waals surface area contributed by atoms with E-state index in [9.17, 15) is 13.2 Å². The molecule has 1 unspecified atom stereocenters. The zero-order valence-electron chi connectivity index (χ0n) is 13.1. The molecule has 0 aliphatic heterocycles. The van der Waals surface area contributed by atoms with E-state index in [-0.39, 0.29) is 12.2 Å². The van der Waals surface area contributed by atoms with Gasteiger partial charge in [0.1, 0.15) is 18.0 Å². The molecule has 0 saturated heterocycles.